The van der Waals surface area contributed by atoms with Crippen molar-refractivity contribution in [2.45, 2.75) is 18.9 Å². The highest BCUT2D eigenvalue weighted by molar-refractivity contribution is 6.32. The van der Waals surface area contributed by atoms with E-state index in [1.165, 1.54) is 24.3 Å². The summed E-state index contributed by atoms with van der Waals surface area (Å²) in [5.41, 5.74) is 1.76. The van der Waals surface area contributed by atoms with Crippen LogP contribution in [0.2, 0.25) is 5.02 Å². The number of carbonyl (C=O) groups excluding carboxylic acids is 1. The van der Waals surface area contributed by atoms with Gasteiger partial charge < -0.3 is 5.32 Å². The molecule has 0 saturated heterocycles. The van der Waals surface area contributed by atoms with Gasteiger partial charge in [0.05, 0.1) is 11.0 Å². The van der Waals surface area contributed by atoms with Gasteiger partial charge in [-0.2, -0.15) is 0 Å². The Kier molecular flexibility index (Phi) is 5.05. The van der Waals surface area contributed by atoms with Crippen LogP contribution in [0.15, 0.2) is 48.5 Å². The molecule has 1 N–H and O–H groups in total. The summed E-state index contributed by atoms with van der Waals surface area (Å²) in [7, 11) is 0. The minimum atomic E-state index is -0.569. The highest BCUT2D eigenvalue weighted by Crippen LogP contribution is 2.36. The van der Waals surface area contributed by atoms with Crippen molar-refractivity contribution in [3.8, 4) is 11.4 Å². The van der Waals surface area contributed by atoms with Crippen molar-refractivity contribution < 1.29 is 9.72 Å². The molecule has 10 heteroatoms. The summed E-state index contributed by atoms with van der Waals surface area (Å²) in [6, 6.07) is 11.9. The minimum absolute atomic E-state index is 0.0457. The topological polar surface area (TPSA) is 116 Å². The van der Waals surface area contributed by atoms with Crippen molar-refractivity contribution in [3.63, 3.8) is 0 Å². The number of nitro groups is 1. The second kappa shape index (κ2) is 7.80. The van der Waals surface area contributed by atoms with E-state index in [1.807, 2.05) is 16.8 Å². The molecule has 1 heterocycles. The number of aromatic nitrogens is 4. The maximum atomic E-state index is 12.1. The standard InChI is InChI=1S/C19H15ClN6O3/c20-16-9-1-12(11-17(16)26(28)29)2-10-18(27)21-14-5-3-13(4-6-14)19-22-23-24-25(19)15-7-8-15/h1-6,9-11,15H,7-8H2,(H,21,27)/b10-2+. The summed E-state index contributed by atoms with van der Waals surface area (Å²) in [5, 5.41) is 25.6. The first-order valence-electron chi connectivity index (χ1n) is 8.82. The molecule has 0 aliphatic heterocycles. The Morgan fingerprint density at radius 3 is 2.69 bits per heavy atom. The van der Waals surface area contributed by atoms with Crippen molar-refractivity contribution in [1.82, 2.24) is 20.2 Å². The van der Waals surface area contributed by atoms with Gasteiger partial charge in [0.2, 0.25) is 5.91 Å². The molecule has 29 heavy (non-hydrogen) atoms. The second-order valence-corrected chi connectivity index (χ2v) is 6.95. The van der Waals surface area contributed by atoms with Gasteiger partial charge in [0.25, 0.3) is 5.69 Å². The first-order chi connectivity index (χ1) is 14.0. The zero-order chi connectivity index (χ0) is 20.4. The molecule has 3 aromatic rings. The second-order valence-electron chi connectivity index (χ2n) is 6.55. The Hall–Kier alpha value is -3.59. The summed E-state index contributed by atoms with van der Waals surface area (Å²) < 4.78 is 1.82. The number of anilines is 1. The fourth-order valence-electron chi connectivity index (χ4n) is 2.78. The summed E-state index contributed by atoms with van der Waals surface area (Å²) in [6.07, 6.45) is 4.94. The fourth-order valence-corrected chi connectivity index (χ4v) is 2.97. The number of amides is 1. The number of rotatable bonds is 6. The maximum Gasteiger partial charge on any atom is 0.288 e. The molecular formula is C19H15ClN6O3. The monoisotopic (exact) mass is 410 g/mol. The number of carbonyl (C=O) groups is 1. The Balaban J connectivity index is 1.42. The lowest BCUT2D eigenvalue weighted by molar-refractivity contribution is -0.384. The van der Waals surface area contributed by atoms with E-state index in [0.717, 1.165) is 18.4 Å². The number of nitrogens with zero attached hydrogens (tertiary/aromatic N) is 5. The van der Waals surface area contributed by atoms with Gasteiger partial charge in [-0.15, -0.1) is 5.10 Å². The van der Waals surface area contributed by atoms with E-state index in [-0.39, 0.29) is 16.6 Å². The molecular weight excluding hydrogens is 396 g/mol. The van der Waals surface area contributed by atoms with Crippen LogP contribution in [-0.4, -0.2) is 31.0 Å². The molecule has 0 radical (unpaired) electrons. The van der Waals surface area contributed by atoms with E-state index in [0.29, 0.717) is 23.1 Å². The molecule has 1 aliphatic carbocycles. The van der Waals surface area contributed by atoms with Gasteiger partial charge in [-0.1, -0.05) is 17.7 Å². The van der Waals surface area contributed by atoms with Crippen LogP contribution < -0.4 is 5.32 Å². The summed E-state index contributed by atoms with van der Waals surface area (Å²) in [6.45, 7) is 0. The molecule has 1 aliphatic rings. The first-order valence-corrected chi connectivity index (χ1v) is 9.20. The van der Waals surface area contributed by atoms with Gasteiger partial charge >= 0.3 is 0 Å². The molecule has 1 fully saturated rings. The van der Waals surface area contributed by atoms with Crippen LogP contribution >= 0.6 is 11.6 Å². The fraction of sp³-hybridized carbons (Fsp3) is 0.158. The molecule has 9 nitrogen and oxygen atoms in total. The summed E-state index contributed by atoms with van der Waals surface area (Å²) in [4.78, 5) is 22.5. The Labute approximate surface area is 170 Å². The predicted molar refractivity (Wildman–Crippen MR) is 107 cm³/mol. The van der Waals surface area contributed by atoms with E-state index in [9.17, 15) is 14.9 Å². The highest BCUT2D eigenvalue weighted by Gasteiger charge is 2.28. The summed E-state index contributed by atoms with van der Waals surface area (Å²) in [5.74, 6) is 0.341. The van der Waals surface area contributed by atoms with Gasteiger partial charge in [-0.05, 0) is 65.2 Å². The zero-order valence-corrected chi connectivity index (χ0v) is 15.8. The third-order valence-corrected chi connectivity index (χ3v) is 4.71. The molecule has 0 spiro atoms. The summed E-state index contributed by atoms with van der Waals surface area (Å²) >= 11 is 5.78. The average molecular weight is 411 g/mol. The minimum Gasteiger partial charge on any atom is -0.323 e. The Morgan fingerprint density at radius 1 is 1.24 bits per heavy atom. The van der Waals surface area contributed by atoms with Gasteiger partial charge in [0.15, 0.2) is 5.82 Å². The van der Waals surface area contributed by atoms with Crippen LogP contribution in [0.4, 0.5) is 11.4 Å². The van der Waals surface area contributed by atoms with Gasteiger partial charge in [0.1, 0.15) is 5.02 Å². The lowest BCUT2D eigenvalue weighted by Crippen LogP contribution is -2.07. The average Bonchev–Trinajstić information content (AvgIpc) is 3.44. The molecule has 1 aromatic heterocycles. The first kappa shape index (κ1) is 18.8. The number of nitrogens with one attached hydrogen (secondary N) is 1. The van der Waals surface area contributed by atoms with E-state index in [4.69, 9.17) is 11.6 Å². The predicted octanol–water partition coefficient (Wildman–Crippen LogP) is 3.89. The Morgan fingerprint density at radius 2 is 2.00 bits per heavy atom. The largest absolute Gasteiger partial charge is 0.323 e. The molecule has 0 bridgehead atoms. The highest BCUT2D eigenvalue weighted by atomic mass is 35.5. The molecule has 0 unspecified atom stereocenters. The normalized spacial score (nSPS) is 13.6. The van der Waals surface area contributed by atoms with Crippen LogP contribution in [0.1, 0.15) is 24.4 Å². The quantitative estimate of drug-likeness (QED) is 0.374. The van der Waals surface area contributed by atoms with E-state index in [1.54, 1.807) is 18.2 Å². The molecule has 146 valence electrons. The van der Waals surface area contributed by atoms with Gasteiger partial charge in [-0.3, -0.25) is 14.9 Å². The SMILES string of the molecule is O=C(/C=C/c1ccc(Cl)c([N+](=O)[O-])c1)Nc1ccc(-c2nnnn2C2CC2)cc1. The molecule has 1 amide bonds. The van der Waals surface area contributed by atoms with E-state index in [2.05, 4.69) is 20.8 Å². The lowest BCUT2D eigenvalue weighted by Gasteiger charge is -2.05. The number of nitro benzene ring substituents is 1. The van der Waals surface area contributed by atoms with Crippen molar-refractivity contribution in [2.75, 3.05) is 5.32 Å². The van der Waals surface area contributed by atoms with Crippen LogP contribution in [0.3, 0.4) is 0 Å². The molecule has 0 atom stereocenters. The maximum absolute atomic E-state index is 12.1. The third kappa shape index (κ3) is 4.30. The van der Waals surface area contributed by atoms with Crippen molar-refractivity contribution in [2.24, 2.45) is 0 Å². The number of halogens is 1. The smallest absolute Gasteiger partial charge is 0.288 e. The van der Waals surface area contributed by atoms with Crippen molar-refractivity contribution in [3.05, 3.63) is 69.2 Å². The molecule has 1 saturated carbocycles. The number of hydrogen-bond donors (Lipinski definition) is 1. The number of hydrogen-bond acceptors (Lipinski definition) is 6. The van der Waals surface area contributed by atoms with Crippen molar-refractivity contribution in [1.29, 1.82) is 0 Å². The van der Waals surface area contributed by atoms with E-state index < -0.39 is 4.92 Å². The van der Waals surface area contributed by atoms with Crippen LogP contribution in [-0.2, 0) is 4.79 Å². The molecule has 4 rings (SSSR count). The van der Waals surface area contributed by atoms with Gasteiger partial charge in [0, 0.05) is 23.4 Å². The van der Waals surface area contributed by atoms with Gasteiger partial charge in [-0.25, -0.2) is 4.68 Å². The number of tetrazole rings is 1. The van der Waals surface area contributed by atoms with E-state index >= 15 is 0 Å². The van der Waals surface area contributed by atoms with Crippen molar-refractivity contribution >= 4 is 35.0 Å². The lowest BCUT2D eigenvalue weighted by atomic mass is 10.1. The van der Waals surface area contributed by atoms with Crippen LogP contribution in [0, 0.1) is 10.1 Å². The van der Waals surface area contributed by atoms with Crippen LogP contribution in [0.5, 0.6) is 0 Å². The Bertz CT molecular complexity index is 1110. The molecule has 2 aromatic carbocycles. The number of benzene rings is 2. The third-order valence-electron chi connectivity index (χ3n) is 4.39. The zero-order valence-electron chi connectivity index (χ0n) is 15.0. The van der Waals surface area contributed by atoms with Crippen LogP contribution in [0.25, 0.3) is 17.5 Å².